The van der Waals surface area contributed by atoms with Crippen LogP contribution in [0.1, 0.15) is 26.0 Å². The molecule has 74 valence electrons. The summed E-state index contributed by atoms with van der Waals surface area (Å²) in [6.07, 6.45) is 3.53. The Bertz CT molecular complexity index is 257. The van der Waals surface area contributed by atoms with Gasteiger partial charge in [0.25, 0.3) is 0 Å². The molecule has 1 aromatic rings. The number of hydrogen-bond acceptors (Lipinski definition) is 2. The minimum Gasteiger partial charge on any atom is -0.468 e. The molecule has 1 aromatic heterocycles. The molecule has 13 heavy (non-hydrogen) atoms. The summed E-state index contributed by atoms with van der Waals surface area (Å²) >= 11 is 3.41. The molecule has 0 fully saturated rings. The van der Waals surface area contributed by atoms with Crippen LogP contribution in [-0.2, 0) is 6.42 Å². The highest BCUT2D eigenvalue weighted by Crippen LogP contribution is 2.20. The zero-order valence-electron chi connectivity index (χ0n) is 8.09. The van der Waals surface area contributed by atoms with Crippen molar-refractivity contribution in [2.24, 2.45) is 11.7 Å². The van der Waals surface area contributed by atoms with Crippen molar-refractivity contribution in [2.75, 3.05) is 0 Å². The van der Waals surface area contributed by atoms with Gasteiger partial charge in [0.05, 0.1) is 10.7 Å². The average Bonchev–Trinajstić information content (AvgIpc) is 2.34. The lowest BCUT2D eigenvalue weighted by molar-refractivity contribution is 0.439. The van der Waals surface area contributed by atoms with Gasteiger partial charge in [-0.25, -0.2) is 0 Å². The van der Waals surface area contributed by atoms with E-state index >= 15 is 0 Å². The van der Waals surface area contributed by atoms with Crippen LogP contribution in [0, 0.1) is 5.92 Å². The first-order chi connectivity index (χ1) is 6.09. The molecule has 2 nitrogen and oxygen atoms in total. The standard InChI is InChI=1S/C10H16BrNO/c1-7(2)5-8(12)6-10-9(11)3-4-13-10/h3-4,7-8H,5-6,12H2,1-2H3. The van der Waals surface area contributed by atoms with Crippen molar-refractivity contribution in [3.05, 3.63) is 22.6 Å². The summed E-state index contributed by atoms with van der Waals surface area (Å²) in [5, 5.41) is 0. The van der Waals surface area contributed by atoms with Crippen LogP contribution in [0.5, 0.6) is 0 Å². The van der Waals surface area contributed by atoms with Crippen LogP contribution in [0.25, 0.3) is 0 Å². The summed E-state index contributed by atoms with van der Waals surface area (Å²) in [4.78, 5) is 0. The van der Waals surface area contributed by atoms with Gasteiger partial charge in [-0.15, -0.1) is 0 Å². The Balaban J connectivity index is 2.45. The van der Waals surface area contributed by atoms with E-state index in [0.29, 0.717) is 5.92 Å². The van der Waals surface area contributed by atoms with Gasteiger partial charge in [-0.1, -0.05) is 13.8 Å². The molecule has 0 aliphatic heterocycles. The van der Waals surface area contributed by atoms with Crippen LogP contribution in [0.3, 0.4) is 0 Å². The van der Waals surface area contributed by atoms with Crippen LogP contribution in [-0.4, -0.2) is 6.04 Å². The topological polar surface area (TPSA) is 39.2 Å². The van der Waals surface area contributed by atoms with Crippen molar-refractivity contribution in [2.45, 2.75) is 32.7 Å². The fourth-order valence-corrected chi connectivity index (χ4v) is 1.76. The Kier molecular flexibility index (Phi) is 4.00. The summed E-state index contributed by atoms with van der Waals surface area (Å²) in [7, 11) is 0. The Morgan fingerprint density at radius 1 is 1.54 bits per heavy atom. The van der Waals surface area contributed by atoms with Crippen molar-refractivity contribution in [3.8, 4) is 0 Å². The van der Waals surface area contributed by atoms with Gasteiger partial charge in [-0.2, -0.15) is 0 Å². The molecule has 1 heterocycles. The van der Waals surface area contributed by atoms with Crippen LogP contribution < -0.4 is 5.73 Å². The van der Waals surface area contributed by atoms with E-state index < -0.39 is 0 Å². The fourth-order valence-electron chi connectivity index (χ4n) is 1.40. The van der Waals surface area contributed by atoms with E-state index in [-0.39, 0.29) is 6.04 Å². The molecule has 0 amide bonds. The van der Waals surface area contributed by atoms with Gasteiger partial charge in [0.1, 0.15) is 5.76 Å². The van der Waals surface area contributed by atoms with E-state index in [1.807, 2.05) is 6.07 Å². The molecular weight excluding hydrogens is 230 g/mol. The molecule has 1 unspecified atom stereocenters. The van der Waals surface area contributed by atoms with Crippen molar-refractivity contribution in [3.63, 3.8) is 0 Å². The van der Waals surface area contributed by atoms with Crippen LogP contribution in [0.15, 0.2) is 21.2 Å². The highest BCUT2D eigenvalue weighted by atomic mass is 79.9. The van der Waals surface area contributed by atoms with Gasteiger partial charge in [0.15, 0.2) is 0 Å². The molecular formula is C10H16BrNO. The van der Waals surface area contributed by atoms with Crippen LogP contribution in [0.4, 0.5) is 0 Å². The molecule has 0 saturated heterocycles. The Hall–Kier alpha value is -0.280. The molecule has 0 aromatic carbocycles. The van der Waals surface area contributed by atoms with E-state index in [2.05, 4.69) is 29.8 Å². The smallest absolute Gasteiger partial charge is 0.119 e. The first-order valence-electron chi connectivity index (χ1n) is 4.57. The van der Waals surface area contributed by atoms with Gasteiger partial charge in [0.2, 0.25) is 0 Å². The molecule has 1 atom stereocenters. The van der Waals surface area contributed by atoms with Crippen LogP contribution in [0.2, 0.25) is 0 Å². The Labute approximate surface area is 87.6 Å². The molecule has 1 rings (SSSR count). The summed E-state index contributed by atoms with van der Waals surface area (Å²) in [5.74, 6) is 1.59. The van der Waals surface area contributed by atoms with E-state index in [1.54, 1.807) is 6.26 Å². The summed E-state index contributed by atoms with van der Waals surface area (Å²) in [5.41, 5.74) is 5.95. The zero-order valence-corrected chi connectivity index (χ0v) is 9.67. The number of halogens is 1. The second-order valence-electron chi connectivity index (χ2n) is 3.79. The second-order valence-corrected chi connectivity index (χ2v) is 4.64. The minimum absolute atomic E-state index is 0.197. The van der Waals surface area contributed by atoms with Crippen molar-refractivity contribution in [1.82, 2.24) is 0 Å². The number of rotatable bonds is 4. The van der Waals surface area contributed by atoms with E-state index in [1.165, 1.54) is 0 Å². The maximum Gasteiger partial charge on any atom is 0.119 e. The molecule has 0 aliphatic carbocycles. The largest absolute Gasteiger partial charge is 0.468 e. The van der Waals surface area contributed by atoms with Crippen molar-refractivity contribution >= 4 is 15.9 Å². The molecule has 0 aliphatic rings. The highest BCUT2D eigenvalue weighted by Gasteiger charge is 2.10. The molecule has 0 spiro atoms. The highest BCUT2D eigenvalue weighted by molar-refractivity contribution is 9.10. The molecule has 2 N–H and O–H groups in total. The van der Waals surface area contributed by atoms with E-state index in [9.17, 15) is 0 Å². The summed E-state index contributed by atoms with van der Waals surface area (Å²) in [6.45, 7) is 4.36. The zero-order chi connectivity index (χ0) is 9.84. The lowest BCUT2D eigenvalue weighted by Crippen LogP contribution is -2.24. The predicted octanol–water partition coefficient (Wildman–Crippen LogP) is 2.96. The van der Waals surface area contributed by atoms with E-state index in [4.69, 9.17) is 10.2 Å². The van der Waals surface area contributed by atoms with Gasteiger partial charge >= 0.3 is 0 Å². The lowest BCUT2D eigenvalue weighted by Gasteiger charge is -2.12. The van der Waals surface area contributed by atoms with Gasteiger partial charge in [-0.05, 0) is 34.3 Å². The van der Waals surface area contributed by atoms with Gasteiger partial charge in [0, 0.05) is 12.5 Å². The molecule has 0 saturated carbocycles. The Morgan fingerprint density at radius 2 is 2.23 bits per heavy atom. The Morgan fingerprint density at radius 3 is 2.69 bits per heavy atom. The summed E-state index contributed by atoms with van der Waals surface area (Å²) in [6, 6.07) is 2.10. The van der Waals surface area contributed by atoms with Crippen molar-refractivity contribution < 1.29 is 4.42 Å². The maximum atomic E-state index is 5.95. The fraction of sp³-hybridized carbons (Fsp3) is 0.600. The number of hydrogen-bond donors (Lipinski definition) is 1. The third kappa shape index (κ3) is 3.53. The quantitative estimate of drug-likeness (QED) is 0.887. The van der Waals surface area contributed by atoms with Gasteiger partial charge < -0.3 is 10.2 Å². The van der Waals surface area contributed by atoms with Crippen LogP contribution >= 0.6 is 15.9 Å². The second kappa shape index (κ2) is 4.82. The SMILES string of the molecule is CC(C)CC(N)Cc1occc1Br. The third-order valence-corrected chi connectivity index (χ3v) is 2.62. The normalized spacial score (nSPS) is 13.6. The first-order valence-corrected chi connectivity index (χ1v) is 5.36. The molecule has 3 heteroatoms. The van der Waals surface area contributed by atoms with Gasteiger partial charge in [-0.3, -0.25) is 0 Å². The number of furan rings is 1. The third-order valence-electron chi connectivity index (χ3n) is 1.91. The predicted molar refractivity (Wildman–Crippen MR) is 57.5 cm³/mol. The number of nitrogens with two attached hydrogens (primary N) is 1. The average molecular weight is 246 g/mol. The monoisotopic (exact) mass is 245 g/mol. The first kappa shape index (κ1) is 10.8. The summed E-state index contributed by atoms with van der Waals surface area (Å²) < 4.78 is 6.31. The van der Waals surface area contributed by atoms with E-state index in [0.717, 1.165) is 23.1 Å². The minimum atomic E-state index is 0.197. The molecule has 0 radical (unpaired) electrons. The molecule has 0 bridgehead atoms. The van der Waals surface area contributed by atoms with Crippen molar-refractivity contribution in [1.29, 1.82) is 0 Å². The lowest BCUT2D eigenvalue weighted by atomic mass is 10.0. The maximum absolute atomic E-state index is 5.95.